The number of nitrogens with zero attached hydrogens (tertiary/aromatic N) is 3. The molecule has 1 amide bonds. The molecular formula is C24H16Cl2F3N3O. The van der Waals surface area contributed by atoms with Gasteiger partial charge in [-0.3, -0.25) is 4.79 Å². The van der Waals surface area contributed by atoms with Crippen LogP contribution in [0.2, 0.25) is 10.0 Å². The minimum absolute atomic E-state index is 0.177. The fraction of sp³-hybridized carbons (Fsp3) is 0.125. The van der Waals surface area contributed by atoms with Crippen molar-refractivity contribution in [3.05, 3.63) is 99.0 Å². The Kier molecular flexibility index (Phi) is 7.42. The highest BCUT2D eigenvalue weighted by Crippen LogP contribution is 2.43. The van der Waals surface area contributed by atoms with Crippen molar-refractivity contribution in [1.29, 1.82) is 5.26 Å². The summed E-state index contributed by atoms with van der Waals surface area (Å²) in [6.07, 6.45) is -3.50. The number of benzene rings is 3. The number of carbonyl (C=O) groups excluding carboxylic acids is 1. The smallest absolute Gasteiger partial charge is 0.273 e. The third kappa shape index (κ3) is 5.72. The Bertz CT molecular complexity index is 1220. The molecule has 0 saturated carbocycles. The number of hydrazone groups is 1. The lowest BCUT2D eigenvalue weighted by Crippen LogP contribution is -2.24. The molecule has 9 heteroatoms. The number of hydrogen-bond acceptors (Lipinski definition) is 3. The highest BCUT2D eigenvalue weighted by atomic mass is 35.5. The molecule has 0 aliphatic carbocycles. The fourth-order valence-corrected chi connectivity index (χ4v) is 3.66. The molecule has 0 bridgehead atoms. The molecule has 0 N–H and O–H groups in total. The van der Waals surface area contributed by atoms with Gasteiger partial charge < -0.3 is 0 Å². The predicted octanol–water partition coefficient (Wildman–Crippen LogP) is 7.05. The molecule has 0 aromatic heterocycles. The van der Waals surface area contributed by atoms with Crippen LogP contribution in [0.1, 0.15) is 35.1 Å². The van der Waals surface area contributed by atoms with Crippen LogP contribution in [0.3, 0.4) is 0 Å². The first kappa shape index (κ1) is 24.3. The van der Waals surface area contributed by atoms with Crippen LogP contribution in [0.4, 0.5) is 18.9 Å². The first-order valence-corrected chi connectivity index (χ1v) is 10.3. The lowest BCUT2D eigenvalue weighted by Gasteiger charge is -2.23. The molecule has 0 aliphatic rings. The van der Waals surface area contributed by atoms with Crippen molar-refractivity contribution in [3.8, 4) is 6.07 Å². The Balaban J connectivity index is 2.15. The van der Waals surface area contributed by atoms with Gasteiger partial charge in [-0.25, -0.2) is 5.01 Å². The zero-order valence-corrected chi connectivity index (χ0v) is 18.7. The molecule has 168 valence electrons. The van der Waals surface area contributed by atoms with Crippen molar-refractivity contribution in [3.63, 3.8) is 0 Å². The van der Waals surface area contributed by atoms with E-state index in [1.165, 1.54) is 43.5 Å². The van der Waals surface area contributed by atoms with Crippen molar-refractivity contribution >= 4 is 41.0 Å². The van der Waals surface area contributed by atoms with Crippen LogP contribution in [-0.4, -0.2) is 12.1 Å². The van der Waals surface area contributed by atoms with E-state index < -0.39 is 29.1 Å². The van der Waals surface area contributed by atoms with Gasteiger partial charge in [0.2, 0.25) is 5.91 Å². The van der Waals surface area contributed by atoms with Crippen LogP contribution in [0, 0.1) is 11.3 Å². The van der Waals surface area contributed by atoms with E-state index in [4.69, 9.17) is 23.2 Å². The molecular weight excluding hydrogens is 474 g/mol. The van der Waals surface area contributed by atoms with Gasteiger partial charge in [0, 0.05) is 22.5 Å². The molecule has 0 radical (unpaired) electrons. The number of anilines is 1. The van der Waals surface area contributed by atoms with Gasteiger partial charge in [0.25, 0.3) is 0 Å². The summed E-state index contributed by atoms with van der Waals surface area (Å²) in [7, 11) is 0. The number of rotatable bonds is 5. The third-order valence-electron chi connectivity index (χ3n) is 4.71. The van der Waals surface area contributed by atoms with Crippen molar-refractivity contribution < 1.29 is 18.0 Å². The standard InChI is InChI=1S/C24H16Cl2F3N3O/c1-15(33)32(31-14-16-5-3-2-4-6-16)19-11-21(24(27,28)29)23(22(26)12-19)20(13-30)17-7-9-18(25)10-8-17/h2-12,14,20H,1H3/b31-14+. The van der Waals surface area contributed by atoms with E-state index in [-0.39, 0.29) is 10.7 Å². The zero-order chi connectivity index (χ0) is 24.2. The van der Waals surface area contributed by atoms with Crippen LogP contribution in [-0.2, 0) is 11.0 Å². The Hall–Kier alpha value is -3.34. The molecule has 4 nitrogen and oxygen atoms in total. The second-order valence-corrected chi connectivity index (χ2v) is 7.83. The Labute approximate surface area is 198 Å². The quantitative estimate of drug-likeness (QED) is 0.284. The summed E-state index contributed by atoms with van der Waals surface area (Å²) >= 11 is 12.2. The summed E-state index contributed by atoms with van der Waals surface area (Å²) in [6.45, 7) is 1.17. The van der Waals surface area contributed by atoms with E-state index >= 15 is 0 Å². The van der Waals surface area contributed by atoms with Gasteiger partial charge in [0.05, 0.1) is 29.5 Å². The maximum atomic E-state index is 14.1. The first-order valence-electron chi connectivity index (χ1n) is 9.57. The molecule has 33 heavy (non-hydrogen) atoms. The van der Waals surface area contributed by atoms with Crippen LogP contribution >= 0.6 is 23.2 Å². The molecule has 0 aliphatic heterocycles. The summed E-state index contributed by atoms with van der Waals surface area (Å²) in [5, 5.41) is 14.6. The number of alkyl halides is 3. The Morgan fingerprint density at radius 2 is 1.73 bits per heavy atom. The van der Waals surface area contributed by atoms with Crippen molar-refractivity contribution in [2.45, 2.75) is 19.0 Å². The maximum absolute atomic E-state index is 14.1. The van der Waals surface area contributed by atoms with E-state index in [1.54, 1.807) is 30.3 Å². The molecule has 3 rings (SSSR count). The molecule has 1 unspecified atom stereocenters. The van der Waals surface area contributed by atoms with Gasteiger partial charge >= 0.3 is 6.18 Å². The van der Waals surface area contributed by atoms with Crippen molar-refractivity contribution in [2.24, 2.45) is 5.10 Å². The largest absolute Gasteiger partial charge is 0.416 e. The average molecular weight is 490 g/mol. The lowest BCUT2D eigenvalue weighted by molar-refractivity contribution is -0.138. The van der Waals surface area contributed by atoms with Crippen LogP contribution < -0.4 is 5.01 Å². The van der Waals surface area contributed by atoms with Gasteiger partial charge in [-0.2, -0.15) is 23.5 Å². The number of halogens is 5. The van der Waals surface area contributed by atoms with Crippen LogP contribution in [0.5, 0.6) is 0 Å². The van der Waals surface area contributed by atoms with Gasteiger partial charge in [0.1, 0.15) is 0 Å². The van der Waals surface area contributed by atoms with Gasteiger partial charge in [-0.15, -0.1) is 0 Å². The van der Waals surface area contributed by atoms with Crippen LogP contribution in [0.25, 0.3) is 0 Å². The molecule has 0 spiro atoms. The Morgan fingerprint density at radius 1 is 1.09 bits per heavy atom. The average Bonchev–Trinajstić information content (AvgIpc) is 2.76. The number of nitriles is 1. The monoisotopic (exact) mass is 489 g/mol. The molecule has 0 saturated heterocycles. The summed E-state index contributed by atoms with van der Waals surface area (Å²) in [4.78, 5) is 12.2. The molecule has 1 atom stereocenters. The van der Waals surface area contributed by atoms with E-state index in [9.17, 15) is 23.2 Å². The maximum Gasteiger partial charge on any atom is 0.416 e. The zero-order valence-electron chi connectivity index (χ0n) is 17.1. The minimum atomic E-state index is -4.85. The molecule has 0 fully saturated rings. The second kappa shape index (κ2) is 10.1. The topological polar surface area (TPSA) is 56.5 Å². The number of amides is 1. The summed E-state index contributed by atoms with van der Waals surface area (Å²) < 4.78 is 42.2. The summed E-state index contributed by atoms with van der Waals surface area (Å²) in [6, 6.07) is 18.5. The van der Waals surface area contributed by atoms with Gasteiger partial charge in [0.15, 0.2) is 0 Å². The minimum Gasteiger partial charge on any atom is -0.273 e. The SMILES string of the molecule is CC(=O)N(/N=C/c1ccccc1)c1cc(Cl)c(C(C#N)c2ccc(Cl)cc2)c(C(F)(F)F)c1. The fourth-order valence-electron chi connectivity index (χ4n) is 3.21. The van der Waals surface area contributed by atoms with Crippen LogP contribution in [0.15, 0.2) is 71.8 Å². The van der Waals surface area contributed by atoms with E-state index in [1.807, 2.05) is 6.07 Å². The van der Waals surface area contributed by atoms with Gasteiger partial charge in [-0.1, -0.05) is 65.7 Å². The predicted molar refractivity (Wildman–Crippen MR) is 123 cm³/mol. The summed E-state index contributed by atoms with van der Waals surface area (Å²) in [5.74, 6) is -1.92. The van der Waals surface area contributed by atoms with Gasteiger partial charge in [-0.05, 0) is 35.4 Å². The molecule has 3 aromatic carbocycles. The lowest BCUT2D eigenvalue weighted by atomic mass is 9.88. The number of hydrogen-bond donors (Lipinski definition) is 0. The third-order valence-corrected chi connectivity index (χ3v) is 5.27. The molecule has 3 aromatic rings. The van der Waals surface area contributed by atoms with Crippen molar-refractivity contribution in [2.75, 3.05) is 5.01 Å². The van der Waals surface area contributed by atoms with E-state index in [0.717, 1.165) is 11.1 Å². The van der Waals surface area contributed by atoms with E-state index in [2.05, 4.69) is 5.10 Å². The highest BCUT2D eigenvalue weighted by Gasteiger charge is 2.38. The normalized spacial score (nSPS) is 12.4. The van der Waals surface area contributed by atoms with Crippen molar-refractivity contribution in [1.82, 2.24) is 0 Å². The van der Waals surface area contributed by atoms with E-state index in [0.29, 0.717) is 16.1 Å². The molecule has 0 heterocycles. The summed E-state index contributed by atoms with van der Waals surface area (Å²) in [5.41, 5.74) is -0.771. The number of carbonyl (C=O) groups is 1. The first-order chi connectivity index (χ1) is 15.6. The highest BCUT2D eigenvalue weighted by molar-refractivity contribution is 6.32. The Morgan fingerprint density at radius 3 is 2.27 bits per heavy atom. The second-order valence-electron chi connectivity index (χ2n) is 6.99.